The zero-order valence-electron chi connectivity index (χ0n) is 12.6. The molecule has 116 valence electrons. The number of carbonyl (C=O) groups excluding carboxylic acids is 1. The van der Waals surface area contributed by atoms with Crippen LogP contribution < -0.4 is 4.90 Å². The molecule has 0 atom stereocenters. The molecule has 1 heterocycles. The molecular weight excluding hydrogens is 290 g/mol. The summed E-state index contributed by atoms with van der Waals surface area (Å²) in [6, 6.07) is 7.45. The van der Waals surface area contributed by atoms with E-state index in [9.17, 15) is 13.2 Å². The molecule has 1 aromatic carbocycles. The molecule has 1 aliphatic heterocycles. The van der Waals surface area contributed by atoms with Gasteiger partial charge >= 0.3 is 0 Å². The maximum absolute atomic E-state index is 12.1. The molecule has 1 fully saturated rings. The van der Waals surface area contributed by atoms with E-state index < -0.39 is 10.2 Å². The fraction of sp³-hybridized carbons (Fsp3) is 0.500. The van der Waals surface area contributed by atoms with Crippen LogP contribution in [0.4, 0.5) is 5.69 Å². The summed E-state index contributed by atoms with van der Waals surface area (Å²) >= 11 is 0. The van der Waals surface area contributed by atoms with Gasteiger partial charge < -0.3 is 4.90 Å². The topological polar surface area (TPSA) is 60.9 Å². The van der Waals surface area contributed by atoms with Crippen molar-refractivity contribution in [1.82, 2.24) is 8.61 Å². The van der Waals surface area contributed by atoms with Crippen LogP contribution >= 0.6 is 0 Å². The molecule has 0 radical (unpaired) electrons. The summed E-state index contributed by atoms with van der Waals surface area (Å²) in [6.07, 6.45) is 0. The Bertz CT molecular complexity index is 620. The third-order valence-corrected chi connectivity index (χ3v) is 5.58. The van der Waals surface area contributed by atoms with Gasteiger partial charge in [-0.05, 0) is 19.1 Å². The van der Waals surface area contributed by atoms with E-state index in [-0.39, 0.29) is 5.78 Å². The van der Waals surface area contributed by atoms with Crippen molar-refractivity contribution in [1.29, 1.82) is 0 Å². The van der Waals surface area contributed by atoms with Gasteiger partial charge in [-0.3, -0.25) is 4.79 Å². The normalized spacial score (nSPS) is 17.2. The van der Waals surface area contributed by atoms with Gasteiger partial charge in [0.2, 0.25) is 0 Å². The quantitative estimate of drug-likeness (QED) is 0.772. The number of benzene rings is 1. The van der Waals surface area contributed by atoms with E-state index >= 15 is 0 Å². The Kier molecular flexibility index (Phi) is 4.65. The van der Waals surface area contributed by atoms with Crippen LogP contribution in [-0.2, 0) is 10.2 Å². The monoisotopic (exact) mass is 311 g/mol. The number of carbonyl (C=O) groups is 1. The SMILES string of the molecule is CC(=O)c1cccc(N2CCN(S(=O)(=O)N(C)C)CC2)c1. The molecule has 0 bridgehead atoms. The van der Waals surface area contributed by atoms with Gasteiger partial charge in [0.15, 0.2) is 5.78 Å². The van der Waals surface area contributed by atoms with Crippen molar-refractivity contribution in [2.45, 2.75) is 6.92 Å². The van der Waals surface area contributed by atoms with Gasteiger partial charge in [-0.2, -0.15) is 17.0 Å². The number of hydrogen-bond acceptors (Lipinski definition) is 4. The first kappa shape index (κ1) is 15.9. The molecule has 0 aromatic heterocycles. The van der Waals surface area contributed by atoms with Crippen molar-refractivity contribution >= 4 is 21.7 Å². The van der Waals surface area contributed by atoms with Crippen LogP contribution in [0.15, 0.2) is 24.3 Å². The molecule has 6 nitrogen and oxygen atoms in total. The minimum atomic E-state index is -3.34. The van der Waals surface area contributed by atoms with Gasteiger partial charge in [0.1, 0.15) is 0 Å². The summed E-state index contributed by atoms with van der Waals surface area (Å²) < 4.78 is 26.8. The summed E-state index contributed by atoms with van der Waals surface area (Å²) in [4.78, 5) is 13.5. The summed E-state index contributed by atoms with van der Waals surface area (Å²) in [5.74, 6) is 0.0330. The van der Waals surface area contributed by atoms with Gasteiger partial charge in [-0.25, -0.2) is 0 Å². The summed E-state index contributed by atoms with van der Waals surface area (Å²) in [5.41, 5.74) is 1.64. The lowest BCUT2D eigenvalue weighted by molar-refractivity contribution is 0.101. The molecule has 0 aliphatic carbocycles. The predicted molar refractivity (Wildman–Crippen MR) is 82.8 cm³/mol. The van der Waals surface area contributed by atoms with Crippen LogP contribution in [0.5, 0.6) is 0 Å². The number of ketones is 1. The van der Waals surface area contributed by atoms with Crippen molar-refractivity contribution in [3.05, 3.63) is 29.8 Å². The molecule has 0 N–H and O–H groups in total. The lowest BCUT2D eigenvalue weighted by Crippen LogP contribution is -2.51. The van der Waals surface area contributed by atoms with Gasteiger partial charge in [-0.15, -0.1) is 0 Å². The largest absolute Gasteiger partial charge is 0.369 e. The van der Waals surface area contributed by atoms with Crippen molar-refractivity contribution in [3.8, 4) is 0 Å². The summed E-state index contributed by atoms with van der Waals surface area (Å²) in [5, 5.41) is 0. The third kappa shape index (κ3) is 3.42. The van der Waals surface area contributed by atoms with E-state index in [0.717, 1.165) is 5.69 Å². The minimum absolute atomic E-state index is 0.0330. The molecule has 0 spiro atoms. The summed E-state index contributed by atoms with van der Waals surface area (Å²) in [7, 11) is -0.262. The second kappa shape index (κ2) is 6.13. The van der Waals surface area contributed by atoms with Gasteiger partial charge in [0, 0.05) is 51.5 Å². The number of Topliss-reactive ketones (excluding diaryl/α,β-unsaturated/α-hetero) is 1. The van der Waals surface area contributed by atoms with Crippen LogP contribution in [0.3, 0.4) is 0 Å². The second-order valence-electron chi connectivity index (χ2n) is 5.28. The zero-order chi connectivity index (χ0) is 15.6. The lowest BCUT2D eigenvalue weighted by Gasteiger charge is -2.36. The fourth-order valence-corrected chi connectivity index (χ4v) is 3.42. The number of rotatable bonds is 4. The Balaban J connectivity index is 2.08. The average Bonchev–Trinajstić information content (AvgIpc) is 2.47. The average molecular weight is 311 g/mol. The van der Waals surface area contributed by atoms with Gasteiger partial charge in [0.25, 0.3) is 10.2 Å². The maximum atomic E-state index is 12.1. The summed E-state index contributed by atoms with van der Waals surface area (Å²) in [6.45, 7) is 3.68. The molecule has 2 rings (SSSR count). The molecule has 0 amide bonds. The first-order valence-corrected chi connectivity index (χ1v) is 8.25. The third-order valence-electron chi connectivity index (χ3n) is 3.64. The smallest absolute Gasteiger partial charge is 0.281 e. The molecule has 21 heavy (non-hydrogen) atoms. The Morgan fingerprint density at radius 3 is 2.29 bits per heavy atom. The molecule has 7 heteroatoms. The van der Waals surface area contributed by atoms with Crippen LogP contribution in [0.1, 0.15) is 17.3 Å². The second-order valence-corrected chi connectivity index (χ2v) is 7.43. The van der Waals surface area contributed by atoms with Crippen LogP contribution in [0.2, 0.25) is 0 Å². The minimum Gasteiger partial charge on any atom is -0.369 e. The molecular formula is C14H21N3O3S. The Morgan fingerprint density at radius 1 is 1.14 bits per heavy atom. The van der Waals surface area contributed by atoms with E-state index in [0.29, 0.717) is 31.7 Å². The van der Waals surface area contributed by atoms with Crippen molar-refractivity contribution in [2.24, 2.45) is 0 Å². The van der Waals surface area contributed by atoms with E-state index in [2.05, 4.69) is 4.90 Å². The van der Waals surface area contributed by atoms with Crippen LogP contribution in [0.25, 0.3) is 0 Å². The molecule has 0 unspecified atom stereocenters. The number of piperazine rings is 1. The first-order chi connectivity index (χ1) is 9.82. The maximum Gasteiger partial charge on any atom is 0.281 e. The predicted octanol–water partition coefficient (Wildman–Crippen LogP) is 0.818. The number of nitrogens with zero attached hydrogens (tertiary/aromatic N) is 3. The van der Waals surface area contributed by atoms with Gasteiger partial charge in [-0.1, -0.05) is 12.1 Å². The van der Waals surface area contributed by atoms with E-state index in [1.807, 2.05) is 18.2 Å². The Hall–Kier alpha value is -1.44. The van der Waals surface area contributed by atoms with Gasteiger partial charge in [0.05, 0.1) is 0 Å². The van der Waals surface area contributed by atoms with Crippen molar-refractivity contribution < 1.29 is 13.2 Å². The van der Waals surface area contributed by atoms with E-state index in [1.54, 1.807) is 13.0 Å². The molecule has 0 saturated carbocycles. The van der Waals surface area contributed by atoms with Crippen molar-refractivity contribution in [2.75, 3.05) is 45.2 Å². The van der Waals surface area contributed by atoms with Crippen molar-refractivity contribution in [3.63, 3.8) is 0 Å². The van der Waals surface area contributed by atoms with E-state index in [4.69, 9.17) is 0 Å². The van der Waals surface area contributed by atoms with Crippen LogP contribution in [0, 0.1) is 0 Å². The molecule has 1 saturated heterocycles. The van der Waals surface area contributed by atoms with Crippen LogP contribution in [-0.4, -0.2) is 63.1 Å². The highest BCUT2D eigenvalue weighted by Gasteiger charge is 2.28. The highest BCUT2D eigenvalue weighted by molar-refractivity contribution is 7.86. The highest BCUT2D eigenvalue weighted by atomic mass is 32.2. The van der Waals surface area contributed by atoms with E-state index in [1.165, 1.54) is 22.7 Å². The number of hydrogen-bond donors (Lipinski definition) is 0. The Morgan fingerprint density at radius 2 is 1.76 bits per heavy atom. The first-order valence-electron chi connectivity index (χ1n) is 6.86. The molecule has 1 aromatic rings. The Labute approximate surface area is 126 Å². The lowest BCUT2D eigenvalue weighted by atomic mass is 10.1. The number of anilines is 1. The zero-order valence-corrected chi connectivity index (χ0v) is 13.4. The highest BCUT2D eigenvalue weighted by Crippen LogP contribution is 2.19. The fourth-order valence-electron chi connectivity index (χ4n) is 2.33. The molecule has 1 aliphatic rings. The standard InChI is InChI=1S/C14H21N3O3S/c1-12(18)13-5-4-6-14(11-13)16-7-9-17(10-8-16)21(19,20)15(2)3/h4-6,11H,7-10H2,1-3H3.